The minimum Gasteiger partial charge on any atom is -0.395 e. The molecule has 5 rings (SSSR count). The summed E-state index contributed by atoms with van der Waals surface area (Å²) in [4.78, 5) is 2.37. The van der Waals surface area contributed by atoms with Crippen LogP contribution in [0.25, 0.3) is 0 Å². The fourth-order valence-corrected chi connectivity index (χ4v) is 7.42. The molecule has 0 bridgehead atoms. The highest BCUT2D eigenvalue weighted by Crippen LogP contribution is 2.42. The maximum absolute atomic E-state index is 13.4. The summed E-state index contributed by atoms with van der Waals surface area (Å²) in [6.45, 7) is 1.68. The van der Waals surface area contributed by atoms with Gasteiger partial charge in [-0.1, -0.05) is 36.8 Å². The maximum Gasteiger partial charge on any atom is 0.243 e. The van der Waals surface area contributed by atoms with Gasteiger partial charge in [-0.3, -0.25) is 4.90 Å². The van der Waals surface area contributed by atoms with E-state index in [2.05, 4.69) is 28.9 Å². The smallest absolute Gasteiger partial charge is 0.243 e. The van der Waals surface area contributed by atoms with Crippen molar-refractivity contribution < 1.29 is 17.9 Å². The number of fused-ring (bicyclic) bond motifs is 1. The van der Waals surface area contributed by atoms with E-state index in [0.717, 1.165) is 30.5 Å². The average molecular weight is 497 g/mol. The first-order chi connectivity index (χ1) is 17.0. The third kappa shape index (κ3) is 5.03. The van der Waals surface area contributed by atoms with Gasteiger partial charge in [-0.15, -0.1) is 0 Å². The predicted molar refractivity (Wildman–Crippen MR) is 134 cm³/mol. The molecule has 0 amide bonds. The van der Waals surface area contributed by atoms with Crippen molar-refractivity contribution in [2.24, 2.45) is 5.92 Å². The van der Waals surface area contributed by atoms with E-state index in [4.69, 9.17) is 0 Å². The molecule has 3 fully saturated rings. The first-order valence-corrected chi connectivity index (χ1v) is 14.2. The van der Waals surface area contributed by atoms with Gasteiger partial charge in [0.15, 0.2) is 0 Å². The summed E-state index contributed by atoms with van der Waals surface area (Å²) in [6, 6.07) is 13.3. The molecule has 2 aromatic rings. The van der Waals surface area contributed by atoms with Crippen LogP contribution in [0.2, 0.25) is 0 Å². The second-order valence-electron chi connectivity index (χ2n) is 9.98. The van der Waals surface area contributed by atoms with Gasteiger partial charge in [0.2, 0.25) is 10.0 Å². The van der Waals surface area contributed by atoms with Crippen molar-refractivity contribution in [3.8, 4) is 11.8 Å². The summed E-state index contributed by atoms with van der Waals surface area (Å²) in [5.41, 5.74) is 2.10. The molecule has 0 aromatic heterocycles. The fraction of sp³-hybridized carbons (Fsp3) is 0.500. The maximum atomic E-state index is 13.4. The van der Waals surface area contributed by atoms with Crippen molar-refractivity contribution in [3.63, 3.8) is 0 Å². The van der Waals surface area contributed by atoms with Gasteiger partial charge in [0.05, 0.1) is 11.5 Å². The fourth-order valence-electron chi connectivity index (χ4n) is 5.93. The second kappa shape index (κ2) is 10.4. The number of aliphatic hydroxyl groups is 1. The molecule has 2 saturated heterocycles. The van der Waals surface area contributed by atoms with Crippen molar-refractivity contribution in [1.82, 2.24) is 9.21 Å². The predicted octanol–water partition coefficient (Wildman–Crippen LogP) is 3.98. The van der Waals surface area contributed by atoms with E-state index >= 15 is 0 Å². The first-order valence-electron chi connectivity index (χ1n) is 12.7. The zero-order valence-electron chi connectivity index (χ0n) is 19.9. The number of nitrogens with zero attached hydrogens (tertiary/aromatic N) is 2. The molecule has 2 heterocycles. The average Bonchev–Trinajstić information content (AvgIpc) is 3.36. The molecular formula is C28H33FN2O3S. The largest absolute Gasteiger partial charge is 0.395 e. The third-order valence-electron chi connectivity index (χ3n) is 7.86. The van der Waals surface area contributed by atoms with Crippen LogP contribution in [0.1, 0.15) is 55.6 Å². The Balaban J connectivity index is 1.37. The molecule has 2 aromatic carbocycles. The van der Waals surface area contributed by atoms with Crippen LogP contribution in [0.3, 0.4) is 0 Å². The zero-order chi connectivity index (χ0) is 24.4. The van der Waals surface area contributed by atoms with Crippen LogP contribution < -0.4 is 0 Å². The highest BCUT2D eigenvalue weighted by Gasteiger charge is 2.50. The molecule has 0 unspecified atom stereocenters. The van der Waals surface area contributed by atoms with Crippen LogP contribution in [0.15, 0.2) is 53.4 Å². The Hall–Kier alpha value is -2.24. The van der Waals surface area contributed by atoms with Crippen LogP contribution in [0, 0.1) is 23.6 Å². The Kier molecular flexibility index (Phi) is 7.26. The van der Waals surface area contributed by atoms with Gasteiger partial charge in [0.1, 0.15) is 5.82 Å². The summed E-state index contributed by atoms with van der Waals surface area (Å²) in [5, 5.41) is 10.2. The summed E-state index contributed by atoms with van der Waals surface area (Å²) in [5.74, 6) is 6.81. The number of aliphatic hydroxyl groups excluding tert-OH is 1. The molecule has 35 heavy (non-hydrogen) atoms. The highest BCUT2D eigenvalue weighted by molar-refractivity contribution is 7.89. The van der Waals surface area contributed by atoms with E-state index in [0.29, 0.717) is 19.0 Å². The lowest BCUT2D eigenvalue weighted by Gasteiger charge is -2.57. The number of rotatable bonds is 4. The molecule has 3 aliphatic rings. The Morgan fingerprint density at radius 1 is 0.943 bits per heavy atom. The molecule has 7 heteroatoms. The molecule has 3 atom stereocenters. The van der Waals surface area contributed by atoms with Crippen molar-refractivity contribution in [1.29, 1.82) is 0 Å². The van der Waals surface area contributed by atoms with E-state index < -0.39 is 15.8 Å². The molecule has 186 valence electrons. The Bertz CT molecular complexity index is 1180. The lowest BCUT2D eigenvalue weighted by molar-refractivity contribution is -0.0553. The number of hydrogen-bond donors (Lipinski definition) is 1. The van der Waals surface area contributed by atoms with Crippen molar-refractivity contribution in [2.45, 2.75) is 61.4 Å². The molecule has 1 aliphatic carbocycles. The summed E-state index contributed by atoms with van der Waals surface area (Å²) >= 11 is 0. The lowest BCUT2D eigenvalue weighted by Crippen LogP contribution is -2.67. The molecule has 1 saturated carbocycles. The molecule has 0 spiro atoms. The van der Waals surface area contributed by atoms with Crippen LogP contribution in [-0.4, -0.2) is 61.1 Å². The van der Waals surface area contributed by atoms with Crippen LogP contribution in [0.5, 0.6) is 0 Å². The van der Waals surface area contributed by atoms with Crippen molar-refractivity contribution in [3.05, 3.63) is 65.5 Å². The molecule has 2 aliphatic heterocycles. The van der Waals surface area contributed by atoms with Crippen LogP contribution in [-0.2, 0) is 10.0 Å². The van der Waals surface area contributed by atoms with E-state index in [1.54, 1.807) is 4.31 Å². The quantitative estimate of drug-likeness (QED) is 0.651. The summed E-state index contributed by atoms with van der Waals surface area (Å²) < 4.78 is 41.7. The minimum atomic E-state index is -3.73. The van der Waals surface area contributed by atoms with E-state index in [-0.39, 0.29) is 29.5 Å². The van der Waals surface area contributed by atoms with Gasteiger partial charge in [-0.2, -0.15) is 4.31 Å². The standard InChI is InChI=1S/C28H33FN2O3S/c29-24-13-15-25(16-14-24)35(33,34)30-17-3-4-18-31-26(19-30)28(27(31)20-32)23-11-9-22(10-12-23)8-7-21-5-1-2-6-21/h9-16,21,26-28,32H,1-6,17-20H2/t26-,27+,28+/m0/s1. The molecule has 0 radical (unpaired) electrons. The SMILES string of the molecule is O=S(=O)(c1ccc(F)cc1)N1CCCCN2[C@H](CO)[C@H](c3ccc(C#CC4CCCC4)cc3)[C@@H]2C1. The van der Waals surface area contributed by atoms with Gasteiger partial charge < -0.3 is 5.11 Å². The summed E-state index contributed by atoms with van der Waals surface area (Å²) in [6.07, 6.45) is 6.55. The number of sulfonamides is 1. The van der Waals surface area contributed by atoms with Crippen LogP contribution in [0.4, 0.5) is 4.39 Å². The number of benzene rings is 2. The van der Waals surface area contributed by atoms with E-state index in [1.165, 1.54) is 49.9 Å². The highest BCUT2D eigenvalue weighted by atomic mass is 32.2. The van der Waals surface area contributed by atoms with Gasteiger partial charge in [-0.25, -0.2) is 12.8 Å². The normalized spacial score (nSPS) is 26.2. The third-order valence-corrected chi connectivity index (χ3v) is 9.73. The van der Waals surface area contributed by atoms with Gasteiger partial charge in [0, 0.05) is 42.6 Å². The second-order valence-corrected chi connectivity index (χ2v) is 11.9. The zero-order valence-corrected chi connectivity index (χ0v) is 20.8. The minimum absolute atomic E-state index is 0.0157. The monoisotopic (exact) mass is 496 g/mol. The molecule has 5 nitrogen and oxygen atoms in total. The van der Waals surface area contributed by atoms with Gasteiger partial charge >= 0.3 is 0 Å². The number of halogens is 1. The Labute approximate surface area is 208 Å². The Morgan fingerprint density at radius 3 is 2.31 bits per heavy atom. The van der Waals surface area contributed by atoms with Crippen molar-refractivity contribution in [2.75, 3.05) is 26.2 Å². The molecule has 1 N–H and O–H groups in total. The summed E-state index contributed by atoms with van der Waals surface area (Å²) in [7, 11) is -3.73. The van der Waals surface area contributed by atoms with E-state index in [9.17, 15) is 17.9 Å². The first kappa shape index (κ1) is 24.5. The lowest BCUT2D eigenvalue weighted by atomic mass is 9.74. The van der Waals surface area contributed by atoms with E-state index in [1.807, 2.05) is 12.1 Å². The number of hydrogen-bond acceptors (Lipinski definition) is 4. The van der Waals surface area contributed by atoms with Crippen molar-refractivity contribution >= 4 is 10.0 Å². The van der Waals surface area contributed by atoms with Gasteiger partial charge in [0.25, 0.3) is 0 Å². The molecular weight excluding hydrogens is 463 g/mol. The Morgan fingerprint density at radius 2 is 1.63 bits per heavy atom. The van der Waals surface area contributed by atoms with Crippen LogP contribution >= 0.6 is 0 Å². The van der Waals surface area contributed by atoms with Gasteiger partial charge in [-0.05, 0) is 74.2 Å². The topological polar surface area (TPSA) is 60.9 Å².